The second-order valence-electron chi connectivity index (χ2n) is 6.72. The number of anilines is 2. The van der Waals surface area contributed by atoms with Gasteiger partial charge in [0.25, 0.3) is 0 Å². The molecule has 2 aromatic rings. The van der Waals surface area contributed by atoms with Crippen molar-refractivity contribution >= 4 is 17.4 Å². The minimum absolute atomic E-state index is 0.00266. The van der Waals surface area contributed by atoms with E-state index in [1.165, 1.54) is 17.7 Å². The van der Waals surface area contributed by atoms with E-state index in [1.54, 1.807) is 17.9 Å². The number of halogens is 1. The number of benzene rings is 1. The highest BCUT2D eigenvalue weighted by Crippen LogP contribution is 2.42. The average Bonchev–Trinajstić information content (AvgIpc) is 2.60. The topological polar surface area (TPSA) is 45.2 Å². The van der Waals surface area contributed by atoms with Crippen molar-refractivity contribution in [3.63, 3.8) is 0 Å². The normalized spacial score (nSPS) is 22.4. The molecule has 1 aromatic carbocycles. The summed E-state index contributed by atoms with van der Waals surface area (Å²) in [5.74, 6) is 0.528. The van der Waals surface area contributed by atoms with Crippen molar-refractivity contribution < 1.29 is 9.18 Å². The van der Waals surface area contributed by atoms with E-state index in [0.717, 1.165) is 23.5 Å². The number of hydrogen-bond donors (Lipinski definition) is 1. The number of nitrogens with zero attached hydrogens (tertiary/aromatic N) is 2. The summed E-state index contributed by atoms with van der Waals surface area (Å²) in [7, 11) is 0. The number of carbonyl (C=O) groups is 1. The smallest absolute Gasteiger partial charge is 0.224 e. The monoisotopic (exact) mass is 341 g/mol. The first-order chi connectivity index (χ1) is 11.9. The molecule has 0 bridgehead atoms. The van der Waals surface area contributed by atoms with Crippen LogP contribution in [0.15, 0.2) is 36.5 Å². The van der Waals surface area contributed by atoms with Crippen LogP contribution in [-0.2, 0) is 11.2 Å². The molecule has 0 saturated carbocycles. The van der Waals surface area contributed by atoms with Gasteiger partial charge < -0.3 is 10.2 Å². The van der Waals surface area contributed by atoms with E-state index < -0.39 is 0 Å². The van der Waals surface area contributed by atoms with E-state index in [1.807, 2.05) is 25.3 Å². The average molecular weight is 341 g/mol. The third-order valence-electron chi connectivity index (χ3n) is 5.15. The van der Waals surface area contributed by atoms with Gasteiger partial charge in [0.2, 0.25) is 5.91 Å². The summed E-state index contributed by atoms with van der Waals surface area (Å²) in [5, 5.41) is 3.44. The van der Waals surface area contributed by atoms with Gasteiger partial charge in [-0.05, 0) is 43.2 Å². The molecule has 1 amide bonds. The van der Waals surface area contributed by atoms with E-state index in [2.05, 4.69) is 24.1 Å². The van der Waals surface area contributed by atoms with Gasteiger partial charge in [-0.3, -0.25) is 4.79 Å². The van der Waals surface area contributed by atoms with Crippen molar-refractivity contribution in [1.29, 1.82) is 0 Å². The van der Waals surface area contributed by atoms with Crippen LogP contribution in [0.2, 0.25) is 0 Å². The van der Waals surface area contributed by atoms with E-state index in [0.29, 0.717) is 0 Å². The Morgan fingerprint density at radius 1 is 1.28 bits per heavy atom. The molecule has 1 aliphatic heterocycles. The summed E-state index contributed by atoms with van der Waals surface area (Å²) in [6, 6.07) is 8.50. The highest BCUT2D eigenvalue weighted by atomic mass is 19.1. The molecule has 3 rings (SSSR count). The molecule has 132 valence electrons. The standard InChI is InChI=1S/C20H24FN3O/c1-5-15-6-9-19(22-11-15)23-20-12(2)13(3)24(14(4)25)18-8-7-16(21)10-17(18)20/h6-13,20H,5H2,1-4H3,(H,22,23). The summed E-state index contributed by atoms with van der Waals surface area (Å²) in [6.07, 6.45) is 2.79. The van der Waals surface area contributed by atoms with Crippen LogP contribution in [-0.4, -0.2) is 16.9 Å². The fourth-order valence-corrected chi connectivity index (χ4v) is 3.55. The van der Waals surface area contributed by atoms with Crippen LogP contribution in [0, 0.1) is 11.7 Å². The SMILES string of the molecule is CCc1ccc(NC2c3cc(F)ccc3N(C(C)=O)C(C)C2C)nc1. The molecule has 4 nitrogen and oxygen atoms in total. The number of aromatic nitrogens is 1. The summed E-state index contributed by atoms with van der Waals surface area (Å²) in [4.78, 5) is 18.4. The van der Waals surface area contributed by atoms with Crippen LogP contribution in [0.25, 0.3) is 0 Å². The molecule has 25 heavy (non-hydrogen) atoms. The van der Waals surface area contributed by atoms with Crippen LogP contribution in [0.3, 0.4) is 0 Å². The maximum absolute atomic E-state index is 13.9. The lowest BCUT2D eigenvalue weighted by Crippen LogP contribution is -2.48. The molecule has 1 aromatic heterocycles. The Kier molecular flexibility index (Phi) is 4.75. The van der Waals surface area contributed by atoms with Gasteiger partial charge in [0.15, 0.2) is 0 Å². The minimum atomic E-state index is -0.301. The van der Waals surface area contributed by atoms with Crippen molar-refractivity contribution in [2.24, 2.45) is 5.92 Å². The summed E-state index contributed by atoms with van der Waals surface area (Å²) < 4.78 is 13.9. The number of nitrogens with one attached hydrogen (secondary N) is 1. The number of fused-ring (bicyclic) bond motifs is 1. The number of aryl methyl sites for hydroxylation is 1. The second-order valence-corrected chi connectivity index (χ2v) is 6.72. The Hall–Kier alpha value is -2.43. The quantitative estimate of drug-likeness (QED) is 0.904. The summed E-state index contributed by atoms with van der Waals surface area (Å²) >= 11 is 0. The van der Waals surface area contributed by atoms with E-state index in [9.17, 15) is 9.18 Å². The molecule has 0 radical (unpaired) electrons. The van der Waals surface area contributed by atoms with Gasteiger partial charge in [-0.1, -0.05) is 19.9 Å². The fourth-order valence-electron chi connectivity index (χ4n) is 3.55. The van der Waals surface area contributed by atoms with Gasteiger partial charge in [0.1, 0.15) is 11.6 Å². The highest BCUT2D eigenvalue weighted by molar-refractivity contribution is 5.94. The molecule has 0 aliphatic carbocycles. The number of rotatable bonds is 3. The van der Waals surface area contributed by atoms with E-state index >= 15 is 0 Å². The molecule has 2 heterocycles. The van der Waals surface area contributed by atoms with Crippen molar-refractivity contribution in [3.8, 4) is 0 Å². The van der Waals surface area contributed by atoms with Crippen molar-refractivity contribution in [2.75, 3.05) is 10.2 Å². The molecule has 1 aliphatic rings. The van der Waals surface area contributed by atoms with Gasteiger partial charge in [-0.2, -0.15) is 0 Å². The number of pyridine rings is 1. The molecule has 0 saturated heterocycles. The van der Waals surface area contributed by atoms with Gasteiger partial charge in [-0.25, -0.2) is 9.37 Å². The summed E-state index contributed by atoms with van der Waals surface area (Å²) in [5.41, 5.74) is 2.73. The molecule has 0 spiro atoms. The Morgan fingerprint density at radius 2 is 2.04 bits per heavy atom. The molecule has 3 atom stereocenters. The maximum Gasteiger partial charge on any atom is 0.224 e. The predicted octanol–water partition coefficient (Wildman–Crippen LogP) is 4.33. The first kappa shape index (κ1) is 17.4. The predicted molar refractivity (Wildman–Crippen MR) is 98.2 cm³/mol. The van der Waals surface area contributed by atoms with E-state index in [4.69, 9.17) is 0 Å². The van der Waals surface area contributed by atoms with Gasteiger partial charge in [0.05, 0.1) is 6.04 Å². The number of hydrogen-bond acceptors (Lipinski definition) is 3. The van der Waals surface area contributed by atoms with Crippen molar-refractivity contribution in [2.45, 2.75) is 46.2 Å². The lowest BCUT2D eigenvalue weighted by Gasteiger charge is -2.44. The largest absolute Gasteiger partial charge is 0.363 e. The van der Waals surface area contributed by atoms with Crippen LogP contribution in [0.1, 0.15) is 44.9 Å². The second kappa shape index (κ2) is 6.82. The van der Waals surface area contributed by atoms with E-state index in [-0.39, 0.29) is 29.7 Å². The fraction of sp³-hybridized carbons (Fsp3) is 0.400. The lowest BCUT2D eigenvalue weighted by molar-refractivity contribution is -0.117. The van der Waals surface area contributed by atoms with Gasteiger partial charge in [-0.15, -0.1) is 0 Å². The van der Waals surface area contributed by atoms with Crippen LogP contribution >= 0.6 is 0 Å². The zero-order chi connectivity index (χ0) is 18.1. The zero-order valence-electron chi connectivity index (χ0n) is 15.1. The molecule has 1 N–H and O–H groups in total. The Balaban J connectivity index is 2.01. The van der Waals surface area contributed by atoms with Crippen molar-refractivity contribution in [3.05, 3.63) is 53.5 Å². The zero-order valence-corrected chi connectivity index (χ0v) is 15.1. The highest BCUT2D eigenvalue weighted by Gasteiger charge is 2.38. The molecular weight excluding hydrogens is 317 g/mol. The third kappa shape index (κ3) is 3.23. The molecule has 3 unspecified atom stereocenters. The van der Waals surface area contributed by atoms with Crippen LogP contribution in [0.5, 0.6) is 0 Å². The first-order valence-electron chi connectivity index (χ1n) is 8.73. The number of carbonyl (C=O) groups excluding carboxylic acids is 1. The van der Waals surface area contributed by atoms with Gasteiger partial charge in [0, 0.05) is 36.3 Å². The first-order valence-corrected chi connectivity index (χ1v) is 8.73. The molecule has 0 fully saturated rings. The minimum Gasteiger partial charge on any atom is -0.363 e. The van der Waals surface area contributed by atoms with Crippen LogP contribution in [0.4, 0.5) is 15.9 Å². The van der Waals surface area contributed by atoms with Gasteiger partial charge >= 0.3 is 0 Å². The third-order valence-corrected chi connectivity index (χ3v) is 5.15. The molecular formula is C20H24FN3O. The van der Waals surface area contributed by atoms with Crippen LogP contribution < -0.4 is 10.2 Å². The molecule has 5 heteroatoms. The Bertz CT molecular complexity index is 775. The Morgan fingerprint density at radius 3 is 2.64 bits per heavy atom. The lowest BCUT2D eigenvalue weighted by atomic mass is 9.82. The van der Waals surface area contributed by atoms with Crippen molar-refractivity contribution in [1.82, 2.24) is 4.98 Å². The Labute approximate surface area is 148 Å². The maximum atomic E-state index is 13.9. The number of amides is 1. The summed E-state index contributed by atoms with van der Waals surface area (Å²) in [6.45, 7) is 7.74.